The minimum atomic E-state index is 0.473. The Morgan fingerprint density at radius 1 is 1.11 bits per heavy atom. The number of nitrogen functional groups attached to an aromatic ring is 1. The number of anilines is 1. The molecule has 0 spiro atoms. The van der Waals surface area contributed by atoms with Crippen molar-refractivity contribution in [3.8, 4) is 11.5 Å². The summed E-state index contributed by atoms with van der Waals surface area (Å²) in [5, 5.41) is 0. The number of hydrogen-bond acceptors (Lipinski definition) is 3. The molecule has 0 unspecified atom stereocenters. The van der Waals surface area contributed by atoms with Gasteiger partial charge < -0.3 is 15.2 Å². The lowest BCUT2D eigenvalue weighted by Crippen LogP contribution is -2.00. The Balaban J connectivity index is 2.14. The normalized spacial score (nSPS) is 10.2. The topological polar surface area (TPSA) is 44.5 Å². The maximum Gasteiger partial charge on any atom is 0.125 e. The highest BCUT2D eigenvalue weighted by atomic mass is 16.5. The Bertz CT molecular complexity index is 552. The molecule has 19 heavy (non-hydrogen) atoms. The molecule has 2 N–H and O–H groups in total. The van der Waals surface area contributed by atoms with Crippen molar-refractivity contribution < 1.29 is 9.47 Å². The SMILES string of the molecule is CCc1ccc(OC)c(COc2cccc(N)c2)c1. The van der Waals surface area contributed by atoms with Crippen LogP contribution in [0.15, 0.2) is 42.5 Å². The summed E-state index contributed by atoms with van der Waals surface area (Å²) in [6.07, 6.45) is 0.995. The molecule has 0 aliphatic rings. The Morgan fingerprint density at radius 3 is 2.63 bits per heavy atom. The number of hydrogen-bond donors (Lipinski definition) is 1. The minimum absolute atomic E-state index is 0.473. The van der Waals surface area contributed by atoms with Crippen molar-refractivity contribution in [2.75, 3.05) is 12.8 Å². The van der Waals surface area contributed by atoms with E-state index in [0.29, 0.717) is 12.3 Å². The zero-order chi connectivity index (χ0) is 13.7. The predicted octanol–water partition coefficient (Wildman–Crippen LogP) is 3.42. The summed E-state index contributed by atoms with van der Waals surface area (Å²) in [5.41, 5.74) is 8.74. The van der Waals surface area contributed by atoms with Gasteiger partial charge in [-0.25, -0.2) is 0 Å². The Morgan fingerprint density at radius 2 is 1.95 bits per heavy atom. The molecule has 100 valence electrons. The number of methoxy groups -OCH3 is 1. The fourth-order valence-corrected chi connectivity index (χ4v) is 1.93. The molecule has 0 bridgehead atoms. The molecule has 0 aliphatic heterocycles. The van der Waals surface area contributed by atoms with E-state index in [1.165, 1.54) is 5.56 Å². The maximum absolute atomic E-state index is 5.75. The lowest BCUT2D eigenvalue weighted by molar-refractivity contribution is 0.296. The number of ether oxygens (including phenoxy) is 2. The molecule has 2 aromatic carbocycles. The third kappa shape index (κ3) is 3.41. The quantitative estimate of drug-likeness (QED) is 0.835. The molecule has 0 atom stereocenters. The van der Waals surface area contributed by atoms with Crippen molar-refractivity contribution in [1.82, 2.24) is 0 Å². The van der Waals surface area contributed by atoms with Crippen LogP contribution >= 0.6 is 0 Å². The van der Waals surface area contributed by atoms with Crippen LogP contribution in [0.4, 0.5) is 5.69 Å². The van der Waals surface area contributed by atoms with Gasteiger partial charge in [0.2, 0.25) is 0 Å². The van der Waals surface area contributed by atoms with Crippen molar-refractivity contribution in [1.29, 1.82) is 0 Å². The molecule has 0 aliphatic carbocycles. The third-order valence-electron chi connectivity index (χ3n) is 3.01. The van der Waals surface area contributed by atoms with Crippen LogP contribution in [0.25, 0.3) is 0 Å². The second-order valence-electron chi connectivity index (χ2n) is 4.36. The van der Waals surface area contributed by atoms with Crippen LogP contribution in [0.2, 0.25) is 0 Å². The van der Waals surface area contributed by atoms with Gasteiger partial charge in [-0.05, 0) is 36.2 Å². The summed E-state index contributed by atoms with van der Waals surface area (Å²) in [6, 6.07) is 13.6. The summed E-state index contributed by atoms with van der Waals surface area (Å²) in [7, 11) is 1.67. The van der Waals surface area contributed by atoms with Gasteiger partial charge >= 0.3 is 0 Å². The van der Waals surface area contributed by atoms with Crippen LogP contribution in [0.5, 0.6) is 11.5 Å². The molecule has 0 aromatic heterocycles. The van der Waals surface area contributed by atoms with E-state index in [-0.39, 0.29) is 0 Å². The van der Waals surface area contributed by atoms with E-state index in [4.69, 9.17) is 15.2 Å². The van der Waals surface area contributed by atoms with Gasteiger partial charge in [0, 0.05) is 17.3 Å². The zero-order valence-electron chi connectivity index (χ0n) is 11.3. The summed E-state index contributed by atoms with van der Waals surface area (Å²) in [4.78, 5) is 0. The van der Waals surface area contributed by atoms with E-state index >= 15 is 0 Å². The third-order valence-corrected chi connectivity index (χ3v) is 3.01. The molecule has 2 rings (SSSR count). The van der Waals surface area contributed by atoms with Gasteiger partial charge in [-0.15, -0.1) is 0 Å². The average Bonchev–Trinajstić information content (AvgIpc) is 2.45. The molecule has 2 aromatic rings. The summed E-state index contributed by atoms with van der Waals surface area (Å²) >= 11 is 0. The van der Waals surface area contributed by atoms with Crippen LogP contribution in [-0.2, 0) is 13.0 Å². The number of aryl methyl sites for hydroxylation is 1. The lowest BCUT2D eigenvalue weighted by Gasteiger charge is -2.12. The standard InChI is InChI=1S/C16H19NO2/c1-3-12-7-8-16(18-2)13(9-12)11-19-15-6-4-5-14(17)10-15/h4-10H,3,11,17H2,1-2H3. The predicted molar refractivity (Wildman–Crippen MR) is 77.6 cm³/mol. The van der Waals surface area contributed by atoms with Gasteiger partial charge in [0.05, 0.1) is 7.11 Å². The van der Waals surface area contributed by atoms with Crippen LogP contribution in [0, 0.1) is 0 Å². The highest BCUT2D eigenvalue weighted by Crippen LogP contribution is 2.23. The molecule has 0 radical (unpaired) electrons. The second kappa shape index (κ2) is 6.14. The molecule has 0 fully saturated rings. The molecular weight excluding hydrogens is 238 g/mol. The van der Waals surface area contributed by atoms with E-state index in [2.05, 4.69) is 19.1 Å². The fraction of sp³-hybridized carbons (Fsp3) is 0.250. The average molecular weight is 257 g/mol. The Labute approximate surface area is 114 Å². The molecular formula is C16H19NO2. The van der Waals surface area contributed by atoms with Crippen molar-refractivity contribution in [3.05, 3.63) is 53.6 Å². The minimum Gasteiger partial charge on any atom is -0.496 e. The molecule has 3 heteroatoms. The van der Waals surface area contributed by atoms with Crippen molar-refractivity contribution >= 4 is 5.69 Å². The van der Waals surface area contributed by atoms with Crippen LogP contribution in [-0.4, -0.2) is 7.11 Å². The summed E-state index contributed by atoms with van der Waals surface area (Å²) in [5.74, 6) is 1.62. The summed E-state index contributed by atoms with van der Waals surface area (Å²) in [6.45, 7) is 2.60. The number of nitrogens with two attached hydrogens (primary N) is 1. The first kappa shape index (κ1) is 13.3. The van der Waals surface area contributed by atoms with E-state index in [9.17, 15) is 0 Å². The van der Waals surface area contributed by atoms with Gasteiger partial charge in [0.1, 0.15) is 18.1 Å². The smallest absolute Gasteiger partial charge is 0.125 e. The van der Waals surface area contributed by atoms with Crippen LogP contribution in [0.1, 0.15) is 18.1 Å². The monoisotopic (exact) mass is 257 g/mol. The lowest BCUT2D eigenvalue weighted by atomic mass is 10.1. The number of rotatable bonds is 5. The number of benzene rings is 2. The van der Waals surface area contributed by atoms with E-state index in [1.54, 1.807) is 7.11 Å². The highest BCUT2D eigenvalue weighted by Gasteiger charge is 2.05. The Hall–Kier alpha value is -2.16. The summed E-state index contributed by atoms with van der Waals surface area (Å²) < 4.78 is 11.1. The second-order valence-corrected chi connectivity index (χ2v) is 4.36. The zero-order valence-corrected chi connectivity index (χ0v) is 11.3. The van der Waals surface area contributed by atoms with Crippen LogP contribution in [0.3, 0.4) is 0 Å². The van der Waals surface area contributed by atoms with E-state index in [0.717, 1.165) is 23.5 Å². The van der Waals surface area contributed by atoms with Crippen molar-refractivity contribution in [2.45, 2.75) is 20.0 Å². The van der Waals surface area contributed by atoms with Crippen molar-refractivity contribution in [2.24, 2.45) is 0 Å². The van der Waals surface area contributed by atoms with Crippen molar-refractivity contribution in [3.63, 3.8) is 0 Å². The van der Waals surface area contributed by atoms with Gasteiger partial charge in [-0.3, -0.25) is 0 Å². The van der Waals surface area contributed by atoms with E-state index < -0.39 is 0 Å². The van der Waals surface area contributed by atoms with Gasteiger partial charge in [0.25, 0.3) is 0 Å². The Kier molecular flexibility index (Phi) is 4.29. The first-order chi connectivity index (χ1) is 9.22. The molecule has 3 nitrogen and oxygen atoms in total. The largest absolute Gasteiger partial charge is 0.496 e. The molecule has 0 heterocycles. The first-order valence-electron chi connectivity index (χ1n) is 6.37. The highest BCUT2D eigenvalue weighted by molar-refractivity contribution is 5.44. The van der Waals surface area contributed by atoms with Gasteiger partial charge in [-0.2, -0.15) is 0 Å². The van der Waals surface area contributed by atoms with Gasteiger partial charge in [0.15, 0.2) is 0 Å². The molecule has 0 saturated carbocycles. The van der Waals surface area contributed by atoms with E-state index in [1.807, 2.05) is 30.3 Å². The fourth-order valence-electron chi connectivity index (χ4n) is 1.93. The molecule has 0 amide bonds. The molecule has 0 saturated heterocycles. The van der Waals surface area contributed by atoms with Gasteiger partial charge in [-0.1, -0.05) is 19.1 Å². The van der Waals surface area contributed by atoms with Crippen LogP contribution < -0.4 is 15.2 Å². The maximum atomic E-state index is 5.75. The first-order valence-corrected chi connectivity index (χ1v) is 6.37.